The monoisotopic (exact) mass is 402 g/mol. The van der Waals surface area contributed by atoms with Crippen molar-refractivity contribution >= 4 is 27.5 Å². The predicted molar refractivity (Wildman–Crippen MR) is 117 cm³/mol. The maximum absolute atomic E-state index is 12.4. The summed E-state index contributed by atoms with van der Waals surface area (Å²) in [6.07, 6.45) is 0. The third-order valence-electron chi connectivity index (χ3n) is 5.08. The Balaban J connectivity index is 1.88. The molecule has 0 aliphatic rings. The molecule has 0 heterocycles. The summed E-state index contributed by atoms with van der Waals surface area (Å²) in [6.45, 7) is 0.456. The summed E-state index contributed by atoms with van der Waals surface area (Å²) in [4.78, 5) is 12.4. The molecule has 30 heavy (non-hydrogen) atoms. The van der Waals surface area contributed by atoms with Crippen LogP contribution in [0.25, 0.3) is 21.5 Å². The fourth-order valence-corrected chi connectivity index (χ4v) is 3.57. The lowest BCUT2D eigenvalue weighted by atomic mass is 9.96. The Labute approximate surface area is 174 Å². The van der Waals surface area contributed by atoms with Crippen LogP contribution >= 0.6 is 0 Å². The number of fused-ring (bicyclic) bond motifs is 3. The van der Waals surface area contributed by atoms with Gasteiger partial charge in [-0.15, -0.1) is 0 Å². The van der Waals surface area contributed by atoms with Crippen molar-refractivity contribution in [1.29, 1.82) is 0 Å². The highest BCUT2D eigenvalue weighted by Gasteiger charge is 2.17. The van der Waals surface area contributed by atoms with E-state index in [2.05, 4.69) is 0 Å². The largest absolute Gasteiger partial charge is 0.493 e. The molecule has 0 aliphatic carbocycles. The second-order valence-electron chi connectivity index (χ2n) is 6.83. The van der Waals surface area contributed by atoms with Crippen LogP contribution in [-0.2, 0) is 11.3 Å². The van der Waals surface area contributed by atoms with Gasteiger partial charge in [-0.2, -0.15) is 0 Å². The second-order valence-corrected chi connectivity index (χ2v) is 6.83. The number of hydrogen-bond donors (Lipinski definition) is 0. The average molecular weight is 402 g/mol. The van der Waals surface area contributed by atoms with Crippen molar-refractivity contribution in [2.24, 2.45) is 0 Å². The molecule has 0 fully saturated rings. The lowest BCUT2D eigenvalue weighted by Gasteiger charge is -2.14. The third-order valence-corrected chi connectivity index (χ3v) is 5.08. The van der Waals surface area contributed by atoms with Crippen molar-refractivity contribution in [2.45, 2.75) is 6.61 Å². The van der Waals surface area contributed by atoms with Gasteiger partial charge in [-0.1, -0.05) is 30.3 Å². The van der Waals surface area contributed by atoms with Crippen LogP contribution in [0.5, 0.6) is 17.2 Å². The van der Waals surface area contributed by atoms with Gasteiger partial charge < -0.3 is 18.9 Å². The zero-order chi connectivity index (χ0) is 21.1. The summed E-state index contributed by atoms with van der Waals surface area (Å²) in [5.41, 5.74) is 1.57. The Hall–Kier alpha value is -3.73. The lowest BCUT2D eigenvalue weighted by molar-refractivity contribution is 0.0603. The number of carbonyl (C=O) groups excluding carboxylic acids is 1. The Morgan fingerprint density at radius 3 is 2.20 bits per heavy atom. The van der Waals surface area contributed by atoms with Crippen molar-refractivity contribution in [1.82, 2.24) is 0 Å². The Kier molecular flexibility index (Phi) is 5.44. The van der Waals surface area contributed by atoms with Gasteiger partial charge >= 0.3 is 5.97 Å². The normalized spacial score (nSPS) is 10.8. The second kappa shape index (κ2) is 8.33. The van der Waals surface area contributed by atoms with Crippen LogP contribution in [0.4, 0.5) is 0 Å². The molecule has 0 unspecified atom stereocenters. The zero-order valence-electron chi connectivity index (χ0n) is 17.1. The van der Waals surface area contributed by atoms with Crippen LogP contribution in [0.1, 0.15) is 15.9 Å². The smallest absolute Gasteiger partial charge is 0.338 e. The predicted octanol–water partition coefficient (Wildman–Crippen LogP) is 5.38. The molecular weight excluding hydrogens is 380 g/mol. The molecule has 152 valence electrons. The van der Waals surface area contributed by atoms with E-state index in [4.69, 9.17) is 18.9 Å². The molecule has 0 atom stereocenters. The van der Waals surface area contributed by atoms with Crippen LogP contribution < -0.4 is 14.2 Å². The maximum atomic E-state index is 12.4. The van der Waals surface area contributed by atoms with E-state index in [1.807, 2.05) is 66.7 Å². The quantitative estimate of drug-likeness (QED) is 0.320. The van der Waals surface area contributed by atoms with Crippen LogP contribution in [-0.4, -0.2) is 27.3 Å². The fraction of sp³-hybridized carbons (Fsp3) is 0.160. The summed E-state index contributed by atoms with van der Waals surface area (Å²) in [5, 5.41) is 3.44. The van der Waals surface area contributed by atoms with Gasteiger partial charge in [0.25, 0.3) is 0 Å². The van der Waals surface area contributed by atoms with E-state index < -0.39 is 5.97 Å². The van der Waals surface area contributed by atoms with Crippen molar-refractivity contribution in [2.75, 3.05) is 21.3 Å². The zero-order valence-corrected chi connectivity index (χ0v) is 17.1. The molecule has 0 spiro atoms. The molecular formula is C25H22O5. The number of benzene rings is 4. The minimum absolute atomic E-state index is 0.394. The summed E-state index contributed by atoms with van der Waals surface area (Å²) >= 11 is 0. The first-order valence-electron chi connectivity index (χ1n) is 9.52. The topological polar surface area (TPSA) is 54.0 Å². The molecule has 5 heteroatoms. The number of ether oxygens (including phenoxy) is 4. The van der Waals surface area contributed by atoms with E-state index in [0.29, 0.717) is 29.4 Å². The van der Waals surface area contributed by atoms with Gasteiger partial charge in [-0.25, -0.2) is 4.79 Å². The van der Waals surface area contributed by atoms with Crippen LogP contribution in [0.2, 0.25) is 0 Å². The Bertz CT molecular complexity index is 1210. The highest BCUT2D eigenvalue weighted by Crippen LogP contribution is 2.38. The van der Waals surface area contributed by atoms with E-state index >= 15 is 0 Å². The van der Waals surface area contributed by atoms with Crippen LogP contribution in [0.15, 0.2) is 66.7 Å². The molecule has 0 saturated carbocycles. The molecule has 0 aliphatic heterocycles. The first-order valence-corrected chi connectivity index (χ1v) is 9.52. The van der Waals surface area contributed by atoms with Gasteiger partial charge in [0.1, 0.15) is 12.4 Å². The van der Waals surface area contributed by atoms with Gasteiger partial charge in [0.15, 0.2) is 11.5 Å². The van der Waals surface area contributed by atoms with E-state index in [1.54, 1.807) is 14.2 Å². The highest BCUT2D eigenvalue weighted by atomic mass is 16.5. The molecule has 4 rings (SSSR count). The van der Waals surface area contributed by atoms with Crippen LogP contribution in [0, 0.1) is 0 Å². The van der Waals surface area contributed by atoms with E-state index in [-0.39, 0.29) is 0 Å². The van der Waals surface area contributed by atoms with Crippen molar-refractivity contribution in [3.05, 3.63) is 77.9 Å². The number of esters is 1. The Morgan fingerprint density at radius 2 is 1.50 bits per heavy atom. The summed E-state index contributed by atoms with van der Waals surface area (Å²) < 4.78 is 21.9. The van der Waals surface area contributed by atoms with E-state index in [0.717, 1.165) is 27.1 Å². The van der Waals surface area contributed by atoms with Crippen molar-refractivity contribution in [3.63, 3.8) is 0 Å². The molecule has 0 N–H and O–H groups in total. The molecule has 0 bridgehead atoms. The number of methoxy groups -OCH3 is 3. The number of rotatable bonds is 6. The Morgan fingerprint density at radius 1 is 0.767 bits per heavy atom. The molecule has 4 aromatic rings. The first-order chi connectivity index (χ1) is 14.6. The summed E-state index contributed by atoms with van der Waals surface area (Å²) in [5.74, 6) is 1.53. The molecule has 4 aromatic carbocycles. The van der Waals surface area contributed by atoms with E-state index in [1.165, 1.54) is 7.11 Å². The van der Waals surface area contributed by atoms with E-state index in [9.17, 15) is 4.79 Å². The van der Waals surface area contributed by atoms with Crippen LogP contribution in [0.3, 0.4) is 0 Å². The summed E-state index contributed by atoms with van der Waals surface area (Å²) in [7, 11) is 4.56. The van der Waals surface area contributed by atoms with Crippen molar-refractivity contribution < 1.29 is 23.7 Å². The van der Waals surface area contributed by atoms with Gasteiger partial charge in [0.05, 0.1) is 26.9 Å². The van der Waals surface area contributed by atoms with Gasteiger partial charge in [0.2, 0.25) is 0 Å². The highest BCUT2D eigenvalue weighted by molar-refractivity contribution is 6.16. The third kappa shape index (κ3) is 3.62. The minimum Gasteiger partial charge on any atom is -0.493 e. The average Bonchev–Trinajstić information content (AvgIpc) is 2.81. The standard InChI is InChI=1S/C25H22O5/c1-27-23-12-17-11-22(25(26)29-3)19-10-9-18(30-15-16-7-5-4-6-8-16)13-21(19)20(17)14-24(23)28-2/h4-14H,15H2,1-3H3. The summed E-state index contributed by atoms with van der Waals surface area (Å²) in [6, 6.07) is 21.3. The van der Waals surface area contributed by atoms with Gasteiger partial charge in [0, 0.05) is 0 Å². The minimum atomic E-state index is -0.394. The van der Waals surface area contributed by atoms with Crippen molar-refractivity contribution in [3.8, 4) is 17.2 Å². The molecule has 0 radical (unpaired) electrons. The molecule has 0 amide bonds. The van der Waals surface area contributed by atoms with Gasteiger partial charge in [-0.3, -0.25) is 0 Å². The lowest BCUT2D eigenvalue weighted by Crippen LogP contribution is -2.03. The number of carbonyl (C=O) groups is 1. The van der Waals surface area contributed by atoms with Gasteiger partial charge in [-0.05, 0) is 63.5 Å². The number of hydrogen-bond acceptors (Lipinski definition) is 5. The molecule has 5 nitrogen and oxygen atoms in total. The SMILES string of the molecule is COC(=O)c1cc2cc(OC)c(OC)cc2c2cc(OCc3ccccc3)ccc12. The molecule has 0 aromatic heterocycles. The molecule has 0 saturated heterocycles. The maximum Gasteiger partial charge on any atom is 0.338 e. The fourth-order valence-electron chi connectivity index (χ4n) is 3.57. The first kappa shape index (κ1) is 19.6.